The van der Waals surface area contributed by atoms with Gasteiger partial charge in [0.1, 0.15) is 0 Å². The first-order chi connectivity index (χ1) is 10.6. The molecule has 1 unspecified atom stereocenters. The van der Waals surface area contributed by atoms with Gasteiger partial charge in [-0.25, -0.2) is 0 Å². The minimum atomic E-state index is -0.489. The van der Waals surface area contributed by atoms with E-state index in [0.717, 1.165) is 5.56 Å². The summed E-state index contributed by atoms with van der Waals surface area (Å²) in [5, 5.41) is 3.45. The van der Waals surface area contributed by atoms with Crippen molar-refractivity contribution >= 4 is 23.5 Å². The van der Waals surface area contributed by atoms with Crippen molar-refractivity contribution in [1.29, 1.82) is 0 Å². The maximum Gasteiger partial charge on any atom is 0.307 e. The minimum Gasteiger partial charge on any atom is -0.469 e. The fourth-order valence-corrected chi connectivity index (χ4v) is 2.76. The van der Waals surface area contributed by atoms with Gasteiger partial charge in [0.25, 0.3) is 0 Å². The highest BCUT2D eigenvalue weighted by molar-refractivity contribution is 6.31. The summed E-state index contributed by atoms with van der Waals surface area (Å²) in [5.41, 5.74) is 0.718. The molecule has 0 aliphatic carbocycles. The number of benzene rings is 1. The van der Waals surface area contributed by atoms with E-state index in [1.165, 1.54) is 7.11 Å². The molecule has 22 heavy (non-hydrogen) atoms. The van der Waals surface area contributed by atoms with Crippen LogP contribution < -0.4 is 5.32 Å². The Kier molecular flexibility index (Phi) is 6.21. The summed E-state index contributed by atoms with van der Waals surface area (Å²) in [4.78, 5) is 24.0. The molecule has 1 aliphatic heterocycles. The Morgan fingerprint density at radius 2 is 2.05 bits per heavy atom. The molecule has 1 N–H and O–H groups in total. The van der Waals surface area contributed by atoms with E-state index in [2.05, 4.69) is 5.32 Å². The van der Waals surface area contributed by atoms with Crippen LogP contribution in [0.4, 0.5) is 0 Å². The molecule has 1 saturated heterocycles. The van der Waals surface area contributed by atoms with Gasteiger partial charge in [0.15, 0.2) is 0 Å². The van der Waals surface area contributed by atoms with Crippen molar-refractivity contribution in [3.8, 4) is 0 Å². The quantitative estimate of drug-likeness (QED) is 0.845. The summed E-state index contributed by atoms with van der Waals surface area (Å²) < 4.78 is 9.98. The van der Waals surface area contributed by atoms with E-state index < -0.39 is 12.0 Å². The van der Waals surface area contributed by atoms with E-state index in [4.69, 9.17) is 21.1 Å². The molecule has 0 saturated carbocycles. The number of hydrogen-bond acceptors (Lipinski definition) is 4. The largest absolute Gasteiger partial charge is 0.469 e. The SMILES string of the molecule is COC(=O)CC(NC(=O)C1CCOCC1)c1ccccc1Cl. The summed E-state index contributed by atoms with van der Waals surface area (Å²) in [6, 6.07) is 6.69. The second kappa shape index (κ2) is 8.15. The Balaban J connectivity index is 2.12. The number of hydrogen-bond donors (Lipinski definition) is 1. The standard InChI is InChI=1S/C16H20ClNO4/c1-21-15(19)10-14(12-4-2-3-5-13(12)17)18-16(20)11-6-8-22-9-7-11/h2-5,11,14H,6-10H2,1H3,(H,18,20). The number of amides is 1. The maximum atomic E-state index is 12.4. The van der Waals surface area contributed by atoms with Crippen LogP contribution in [0, 0.1) is 5.92 Å². The molecule has 1 atom stereocenters. The van der Waals surface area contributed by atoms with E-state index in [1.807, 2.05) is 6.07 Å². The lowest BCUT2D eigenvalue weighted by Gasteiger charge is -2.25. The van der Waals surface area contributed by atoms with Crippen LogP contribution in [0.15, 0.2) is 24.3 Å². The first-order valence-corrected chi connectivity index (χ1v) is 7.69. The second-order valence-corrected chi connectivity index (χ2v) is 5.66. The second-order valence-electron chi connectivity index (χ2n) is 5.25. The molecule has 6 heteroatoms. The van der Waals surface area contributed by atoms with Crippen LogP contribution in [0.25, 0.3) is 0 Å². The molecule has 1 amide bonds. The molecular formula is C16H20ClNO4. The van der Waals surface area contributed by atoms with Gasteiger partial charge in [-0.2, -0.15) is 0 Å². The lowest BCUT2D eigenvalue weighted by molar-refractivity contribution is -0.141. The Bertz CT molecular complexity index is 529. The molecule has 0 spiro atoms. The zero-order chi connectivity index (χ0) is 15.9. The summed E-state index contributed by atoms with van der Waals surface area (Å²) in [7, 11) is 1.33. The van der Waals surface area contributed by atoms with Crippen molar-refractivity contribution in [1.82, 2.24) is 5.32 Å². The highest BCUT2D eigenvalue weighted by atomic mass is 35.5. The number of esters is 1. The maximum absolute atomic E-state index is 12.4. The highest BCUT2D eigenvalue weighted by Crippen LogP contribution is 2.26. The number of rotatable bonds is 5. The van der Waals surface area contributed by atoms with Crippen LogP contribution in [-0.4, -0.2) is 32.2 Å². The summed E-state index contributed by atoms with van der Waals surface area (Å²) in [6.45, 7) is 1.18. The number of methoxy groups -OCH3 is 1. The zero-order valence-corrected chi connectivity index (χ0v) is 13.3. The summed E-state index contributed by atoms with van der Waals surface area (Å²) >= 11 is 6.19. The lowest BCUT2D eigenvalue weighted by Crippen LogP contribution is -2.37. The molecule has 0 aromatic heterocycles. The van der Waals surface area contributed by atoms with Gasteiger partial charge in [-0.3, -0.25) is 9.59 Å². The molecular weight excluding hydrogens is 306 g/mol. The number of carbonyl (C=O) groups excluding carboxylic acids is 2. The van der Waals surface area contributed by atoms with Crippen molar-refractivity contribution in [2.75, 3.05) is 20.3 Å². The topological polar surface area (TPSA) is 64.6 Å². The predicted octanol–water partition coefficient (Wildman–Crippen LogP) is 2.49. The van der Waals surface area contributed by atoms with Gasteiger partial charge in [0.2, 0.25) is 5.91 Å². The normalized spacial score (nSPS) is 16.8. The molecule has 120 valence electrons. The molecule has 1 aromatic rings. The van der Waals surface area contributed by atoms with Gasteiger partial charge in [-0.15, -0.1) is 0 Å². The fraction of sp³-hybridized carbons (Fsp3) is 0.500. The summed E-state index contributed by atoms with van der Waals surface area (Å²) in [5.74, 6) is -0.550. The van der Waals surface area contributed by atoms with E-state index >= 15 is 0 Å². The van der Waals surface area contributed by atoms with Crippen molar-refractivity contribution < 1.29 is 19.1 Å². The smallest absolute Gasteiger partial charge is 0.307 e. The van der Waals surface area contributed by atoms with Crippen LogP contribution in [0.1, 0.15) is 30.9 Å². The third-order valence-electron chi connectivity index (χ3n) is 3.79. The Hall–Kier alpha value is -1.59. The van der Waals surface area contributed by atoms with Gasteiger partial charge in [0.05, 0.1) is 19.6 Å². The Morgan fingerprint density at radius 1 is 1.36 bits per heavy atom. The number of carbonyl (C=O) groups is 2. The average molecular weight is 326 g/mol. The van der Waals surface area contributed by atoms with Gasteiger partial charge in [-0.05, 0) is 24.5 Å². The van der Waals surface area contributed by atoms with E-state index in [0.29, 0.717) is 31.1 Å². The van der Waals surface area contributed by atoms with Gasteiger partial charge in [-0.1, -0.05) is 29.8 Å². The molecule has 1 heterocycles. The van der Waals surface area contributed by atoms with Crippen LogP contribution in [0.3, 0.4) is 0 Å². The minimum absolute atomic E-state index is 0.0508. The first-order valence-electron chi connectivity index (χ1n) is 7.31. The Labute approximate surface area is 134 Å². The molecule has 1 aromatic carbocycles. The van der Waals surface area contributed by atoms with Gasteiger partial charge < -0.3 is 14.8 Å². The van der Waals surface area contributed by atoms with Crippen LogP contribution in [0.5, 0.6) is 0 Å². The van der Waals surface area contributed by atoms with Crippen LogP contribution in [0.2, 0.25) is 5.02 Å². The van der Waals surface area contributed by atoms with Crippen LogP contribution in [-0.2, 0) is 19.1 Å². The molecule has 0 bridgehead atoms. The first kappa shape index (κ1) is 16.8. The Morgan fingerprint density at radius 3 is 2.68 bits per heavy atom. The number of nitrogens with one attached hydrogen (secondary N) is 1. The van der Waals surface area contributed by atoms with Crippen molar-refractivity contribution in [3.05, 3.63) is 34.9 Å². The van der Waals surface area contributed by atoms with E-state index in [-0.39, 0.29) is 18.2 Å². The van der Waals surface area contributed by atoms with Crippen molar-refractivity contribution in [2.24, 2.45) is 5.92 Å². The monoisotopic (exact) mass is 325 g/mol. The highest BCUT2D eigenvalue weighted by Gasteiger charge is 2.26. The molecule has 1 aliphatic rings. The van der Waals surface area contributed by atoms with Crippen molar-refractivity contribution in [3.63, 3.8) is 0 Å². The fourth-order valence-electron chi connectivity index (χ4n) is 2.50. The zero-order valence-electron chi connectivity index (χ0n) is 12.5. The predicted molar refractivity (Wildman–Crippen MR) is 82.5 cm³/mol. The third-order valence-corrected chi connectivity index (χ3v) is 4.13. The summed E-state index contributed by atoms with van der Waals surface area (Å²) in [6.07, 6.45) is 1.44. The third kappa shape index (κ3) is 4.45. The van der Waals surface area contributed by atoms with Gasteiger partial charge >= 0.3 is 5.97 Å². The number of halogens is 1. The molecule has 5 nitrogen and oxygen atoms in total. The molecule has 0 radical (unpaired) electrons. The number of ether oxygens (including phenoxy) is 2. The van der Waals surface area contributed by atoms with Crippen LogP contribution >= 0.6 is 11.6 Å². The van der Waals surface area contributed by atoms with E-state index in [9.17, 15) is 9.59 Å². The van der Waals surface area contributed by atoms with Crippen molar-refractivity contribution in [2.45, 2.75) is 25.3 Å². The van der Waals surface area contributed by atoms with E-state index in [1.54, 1.807) is 18.2 Å². The van der Waals surface area contributed by atoms with Gasteiger partial charge in [0, 0.05) is 24.2 Å². The molecule has 2 rings (SSSR count). The average Bonchev–Trinajstić information content (AvgIpc) is 2.55. The molecule has 1 fully saturated rings. The lowest BCUT2D eigenvalue weighted by atomic mass is 9.97.